The summed E-state index contributed by atoms with van der Waals surface area (Å²) in [5, 5.41) is 2.89. The van der Waals surface area contributed by atoms with Gasteiger partial charge >= 0.3 is 6.18 Å². The lowest BCUT2D eigenvalue weighted by molar-refractivity contribution is -0.137. The van der Waals surface area contributed by atoms with Crippen LogP contribution in [0.4, 0.5) is 23.2 Å². The molecule has 1 amide bonds. The average Bonchev–Trinajstić information content (AvgIpc) is 3.36. The number of benzene rings is 2. The number of anilines is 1. The Kier molecular flexibility index (Phi) is 6.27. The Balaban J connectivity index is 1.40. The van der Waals surface area contributed by atoms with E-state index in [9.17, 15) is 22.4 Å². The summed E-state index contributed by atoms with van der Waals surface area (Å²) in [5.41, 5.74) is 1.53. The SMILES string of the molecule is O=C(NCc1ccco1)[C@@H]1Cc2cc(C(F)(F)F)ccc2N2CCN(Cc3ccc(F)cc3)C[C@H]12. The fourth-order valence-corrected chi connectivity index (χ4v) is 5.07. The van der Waals surface area contributed by atoms with E-state index in [1.807, 2.05) is 0 Å². The van der Waals surface area contributed by atoms with Crippen LogP contribution in [-0.2, 0) is 30.5 Å². The van der Waals surface area contributed by atoms with Crippen molar-refractivity contribution in [3.05, 3.63) is 89.1 Å². The molecule has 0 saturated carbocycles. The quantitative estimate of drug-likeness (QED) is 0.534. The minimum Gasteiger partial charge on any atom is -0.467 e. The smallest absolute Gasteiger partial charge is 0.416 e. The Morgan fingerprint density at radius 1 is 1.09 bits per heavy atom. The van der Waals surface area contributed by atoms with Crippen molar-refractivity contribution in [3.63, 3.8) is 0 Å². The molecule has 35 heavy (non-hydrogen) atoms. The molecule has 1 saturated heterocycles. The number of carbonyl (C=O) groups excluding carboxylic acids is 1. The van der Waals surface area contributed by atoms with Crippen molar-refractivity contribution in [1.29, 1.82) is 0 Å². The molecule has 2 aliphatic rings. The molecule has 3 aromatic rings. The number of carbonyl (C=O) groups is 1. The zero-order valence-corrected chi connectivity index (χ0v) is 18.9. The highest BCUT2D eigenvalue weighted by Crippen LogP contribution is 2.40. The highest BCUT2D eigenvalue weighted by molar-refractivity contribution is 5.82. The van der Waals surface area contributed by atoms with Crippen LogP contribution in [0.1, 0.15) is 22.5 Å². The lowest BCUT2D eigenvalue weighted by atomic mass is 9.82. The predicted octanol–water partition coefficient (Wildman–Crippen LogP) is 4.62. The molecule has 0 spiro atoms. The summed E-state index contributed by atoms with van der Waals surface area (Å²) < 4.78 is 58.7. The van der Waals surface area contributed by atoms with E-state index in [1.54, 1.807) is 24.3 Å². The van der Waals surface area contributed by atoms with Gasteiger partial charge in [0.1, 0.15) is 11.6 Å². The number of nitrogens with one attached hydrogen (secondary N) is 1. The average molecular weight is 487 g/mol. The van der Waals surface area contributed by atoms with Gasteiger partial charge in [0.2, 0.25) is 5.91 Å². The van der Waals surface area contributed by atoms with Crippen molar-refractivity contribution in [1.82, 2.24) is 10.2 Å². The van der Waals surface area contributed by atoms with Gasteiger partial charge in [-0.1, -0.05) is 12.1 Å². The highest BCUT2D eigenvalue weighted by atomic mass is 19.4. The third-order valence-corrected chi connectivity index (χ3v) is 6.80. The zero-order valence-electron chi connectivity index (χ0n) is 18.9. The summed E-state index contributed by atoms with van der Waals surface area (Å²) in [7, 11) is 0. The summed E-state index contributed by atoms with van der Waals surface area (Å²) in [6.45, 7) is 2.63. The first-order valence-electron chi connectivity index (χ1n) is 11.5. The van der Waals surface area contributed by atoms with E-state index >= 15 is 0 Å². The second-order valence-corrected chi connectivity index (χ2v) is 9.07. The lowest BCUT2D eigenvalue weighted by Crippen LogP contribution is -2.60. The summed E-state index contributed by atoms with van der Waals surface area (Å²) in [6, 6.07) is 13.4. The van der Waals surface area contributed by atoms with E-state index < -0.39 is 17.7 Å². The number of hydrogen-bond acceptors (Lipinski definition) is 4. The van der Waals surface area contributed by atoms with Gasteiger partial charge in [0, 0.05) is 31.9 Å². The van der Waals surface area contributed by atoms with Gasteiger partial charge in [0.25, 0.3) is 0 Å². The standard InChI is InChI=1S/C26H25F4N3O2/c27-20-6-3-17(4-7-20)15-32-9-10-33-23-8-5-19(26(28,29)30)12-18(23)13-22(24(33)16-32)25(34)31-14-21-2-1-11-35-21/h1-8,11-12,22,24H,9-10,13-16H2,(H,31,34)/t22-,24-/m1/s1. The summed E-state index contributed by atoms with van der Waals surface area (Å²) >= 11 is 0. The number of nitrogens with zero attached hydrogens (tertiary/aromatic N) is 2. The van der Waals surface area contributed by atoms with Gasteiger partial charge < -0.3 is 14.6 Å². The Bertz CT molecular complexity index is 1180. The topological polar surface area (TPSA) is 48.7 Å². The fraction of sp³-hybridized carbons (Fsp3) is 0.346. The summed E-state index contributed by atoms with van der Waals surface area (Å²) in [4.78, 5) is 17.6. The zero-order chi connectivity index (χ0) is 24.6. The Morgan fingerprint density at radius 2 is 1.89 bits per heavy atom. The van der Waals surface area contributed by atoms with Crippen molar-refractivity contribution in [2.45, 2.75) is 31.7 Å². The second kappa shape index (κ2) is 9.37. The van der Waals surface area contributed by atoms with E-state index in [4.69, 9.17) is 4.42 Å². The number of alkyl halides is 3. The number of piperazine rings is 1. The maximum absolute atomic E-state index is 13.4. The van der Waals surface area contributed by atoms with Crippen LogP contribution in [0.15, 0.2) is 65.3 Å². The van der Waals surface area contributed by atoms with E-state index in [2.05, 4.69) is 15.1 Å². The molecule has 2 aliphatic heterocycles. The Labute approximate surface area is 200 Å². The van der Waals surface area contributed by atoms with Crippen LogP contribution in [0.25, 0.3) is 0 Å². The van der Waals surface area contributed by atoms with Gasteiger partial charge in [-0.3, -0.25) is 9.69 Å². The molecule has 0 aliphatic carbocycles. The summed E-state index contributed by atoms with van der Waals surface area (Å²) in [6.07, 6.45) is -2.71. The van der Waals surface area contributed by atoms with Crippen molar-refractivity contribution >= 4 is 11.6 Å². The van der Waals surface area contributed by atoms with E-state index in [0.29, 0.717) is 37.5 Å². The minimum atomic E-state index is -4.45. The maximum Gasteiger partial charge on any atom is 0.416 e. The van der Waals surface area contributed by atoms with Crippen LogP contribution in [0.3, 0.4) is 0 Å². The third kappa shape index (κ3) is 5.05. The number of rotatable bonds is 5. The van der Waals surface area contributed by atoms with Crippen LogP contribution in [-0.4, -0.2) is 36.5 Å². The fourth-order valence-electron chi connectivity index (χ4n) is 5.07. The number of amides is 1. The molecule has 2 atom stereocenters. The number of fused-ring (bicyclic) bond motifs is 3. The first kappa shape index (κ1) is 23.4. The second-order valence-electron chi connectivity index (χ2n) is 9.07. The molecule has 9 heteroatoms. The van der Waals surface area contributed by atoms with Crippen molar-refractivity contribution in [3.8, 4) is 0 Å². The molecule has 0 unspecified atom stereocenters. The van der Waals surface area contributed by atoms with Gasteiger partial charge in [0.05, 0.1) is 30.3 Å². The normalized spacial score (nSPS) is 20.3. The molecule has 1 N–H and O–H groups in total. The molecule has 3 heterocycles. The molecule has 1 aromatic heterocycles. The van der Waals surface area contributed by atoms with Crippen LogP contribution < -0.4 is 10.2 Å². The van der Waals surface area contributed by atoms with E-state index in [-0.39, 0.29) is 30.7 Å². The third-order valence-electron chi connectivity index (χ3n) is 6.80. The molecule has 5 rings (SSSR count). The van der Waals surface area contributed by atoms with Crippen LogP contribution >= 0.6 is 0 Å². The summed E-state index contributed by atoms with van der Waals surface area (Å²) in [5.74, 6) is -0.443. The van der Waals surface area contributed by atoms with E-state index in [1.165, 1.54) is 30.5 Å². The van der Waals surface area contributed by atoms with Crippen LogP contribution in [0.2, 0.25) is 0 Å². The molecule has 0 bridgehead atoms. The molecule has 0 radical (unpaired) electrons. The van der Waals surface area contributed by atoms with Crippen molar-refractivity contribution < 1.29 is 26.8 Å². The Morgan fingerprint density at radius 3 is 2.60 bits per heavy atom. The maximum atomic E-state index is 13.4. The predicted molar refractivity (Wildman–Crippen MR) is 122 cm³/mol. The molecule has 1 fully saturated rings. The largest absolute Gasteiger partial charge is 0.467 e. The van der Waals surface area contributed by atoms with E-state index in [0.717, 1.165) is 17.3 Å². The first-order chi connectivity index (χ1) is 16.8. The molecular formula is C26H25F4N3O2. The molecular weight excluding hydrogens is 462 g/mol. The molecule has 184 valence electrons. The van der Waals surface area contributed by atoms with Crippen molar-refractivity contribution in [2.75, 3.05) is 24.5 Å². The van der Waals surface area contributed by atoms with Crippen molar-refractivity contribution in [2.24, 2.45) is 5.92 Å². The van der Waals surface area contributed by atoms with Crippen LogP contribution in [0, 0.1) is 11.7 Å². The first-order valence-corrected chi connectivity index (χ1v) is 11.5. The number of hydrogen-bond donors (Lipinski definition) is 1. The molecule has 2 aromatic carbocycles. The van der Waals surface area contributed by atoms with Gasteiger partial charge in [-0.05, 0) is 60.0 Å². The van der Waals surface area contributed by atoms with Gasteiger partial charge in [-0.15, -0.1) is 0 Å². The lowest BCUT2D eigenvalue weighted by Gasteiger charge is -2.49. The van der Waals surface area contributed by atoms with Crippen LogP contribution in [0.5, 0.6) is 0 Å². The minimum absolute atomic E-state index is 0.204. The highest BCUT2D eigenvalue weighted by Gasteiger charge is 2.42. The van der Waals surface area contributed by atoms with Gasteiger partial charge in [0.15, 0.2) is 0 Å². The monoisotopic (exact) mass is 487 g/mol. The number of halogens is 4. The molecule has 5 nitrogen and oxygen atoms in total. The number of furan rings is 1. The Hall–Kier alpha value is -3.33. The van der Waals surface area contributed by atoms with Gasteiger partial charge in [-0.25, -0.2) is 4.39 Å². The van der Waals surface area contributed by atoms with Gasteiger partial charge in [-0.2, -0.15) is 13.2 Å².